The van der Waals surface area contributed by atoms with E-state index in [0.29, 0.717) is 12.1 Å². The van der Waals surface area contributed by atoms with Crippen molar-refractivity contribution in [1.82, 2.24) is 5.32 Å². The highest BCUT2D eigenvalue weighted by molar-refractivity contribution is 5.20. The van der Waals surface area contributed by atoms with Gasteiger partial charge < -0.3 is 5.32 Å². The average molecular weight is 259 g/mol. The van der Waals surface area contributed by atoms with Crippen LogP contribution in [0.2, 0.25) is 0 Å². The van der Waals surface area contributed by atoms with Gasteiger partial charge in [-0.25, -0.2) is 0 Å². The Morgan fingerprint density at radius 3 is 2.11 bits per heavy atom. The monoisotopic (exact) mass is 259 g/mol. The highest BCUT2D eigenvalue weighted by Gasteiger charge is 2.32. The second kappa shape index (κ2) is 7.09. The minimum atomic E-state index is 0.529. The van der Waals surface area contributed by atoms with Crippen molar-refractivity contribution in [2.75, 3.05) is 0 Å². The van der Waals surface area contributed by atoms with Gasteiger partial charge in [-0.2, -0.15) is 0 Å². The molecule has 106 valence electrons. The van der Waals surface area contributed by atoms with Crippen LogP contribution in [-0.4, -0.2) is 6.04 Å². The maximum atomic E-state index is 3.98. The van der Waals surface area contributed by atoms with Gasteiger partial charge in [-0.1, -0.05) is 63.9 Å². The van der Waals surface area contributed by atoms with E-state index < -0.39 is 0 Å². The molecule has 1 heteroatoms. The summed E-state index contributed by atoms with van der Waals surface area (Å²) in [6.45, 7) is 6.97. The normalized spacial score (nSPS) is 18.5. The van der Waals surface area contributed by atoms with E-state index in [1.165, 1.54) is 37.7 Å². The van der Waals surface area contributed by atoms with Crippen LogP contribution in [0.5, 0.6) is 0 Å². The van der Waals surface area contributed by atoms with Crippen LogP contribution in [0, 0.1) is 11.8 Å². The van der Waals surface area contributed by atoms with Crippen LogP contribution in [0.25, 0.3) is 0 Å². The minimum absolute atomic E-state index is 0.529. The molecule has 1 fully saturated rings. The number of hydrogen-bond acceptors (Lipinski definition) is 1. The van der Waals surface area contributed by atoms with Gasteiger partial charge in [0, 0.05) is 12.1 Å². The van der Waals surface area contributed by atoms with E-state index >= 15 is 0 Å². The largest absolute Gasteiger partial charge is 0.307 e. The van der Waals surface area contributed by atoms with Gasteiger partial charge in [0.15, 0.2) is 0 Å². The zero-order valence-electron chi connectivity index (χ0n) is 12.7. The molecule has 2 rings (SSSR count). The van der Waals surface area contributed by atoms with Gasteiger partial charge in [0.25, 0.3) is 0 Å². The van der Waals surface area contributed by atoms with Crippen molar-refractivity contribution in [1.29, 1.82) is 0 Å². The first-order chi connectivity index (χ1) is 9.30. The molecule has 2 unspecified atom stereocenters. The lowest BCUT2D eigenvalue weighted by Crippen LogP contribution is -2.37. The van der Waals surface area contributed by atoms with Crippen molar-refractivity contribution < 1.29 is 0 Å². The number of hydrogen-bond donors (Lipinski definition) is 1. The smallest absolute Gasteiger partial charge is 0.0350 e. The summed E-state index contributed by atoms with van der Waals surface area (Å²) in [7, 11) is 0. The Morgan fingerprint density at radius 2 is 1.63 bits per heavy atom. The second-order valence-corrected chi connectivity index (χ2v) is 5.98. The highest BCUT2D eigenvalue weighted by atomic mass is 15.0. The molecule has 0 aromatic heterocycles. The summed E-state index contributed by atoms with van der Waals surface area (Å²) < 4.78 is 0. The standard InChI is InChI=1S/C18H29N/c1-4-14(5-2)18(16-10-8-7-9-11-16)19-17(6-3)15-12-13-15/h7-11,14-15,17-19H,4-6,12-13H2,1-3H3. The van der Waals surface area contributed by atoms with Crippen molar-refractivity contribution in [2.24, 2.45) is 11.8 Å². The third-order valence-corrected chi connectivity index (χ3v) is 4.70. The molecular formula is C18H29N. The molecule has 1 saturated carbocycles. The first-order valence-corrected chi connectivity index (χ1v) is 8.11. The van der Waals surface area contributed by atoms with Crippen LogP contribution in [0.15, 0.2) is 30.3 Å². The predicted octanol–water partition coefficient (Wildman–Crippen LogP) is 4.94. The Morgan fingerprint density at radius 1 is 1.00 bits per heavy atom. The van der Waals surface area contributed by atoms with E-state index in [2.05, 4.69) is 56.4 Å². The summed E-state index contributed by atoms with van der Waals surface area (Å²) >= 11 is 0. The lowest BCUT2D eigenvalue weighted by molar-refractivity contribution is 0.290. The van der Waals surface area contributed by atoms with Crippen LogP contribution in [0.1, 0.15) is 64.5 Å². The van der Waals surface area contributed by atoms with Crippen molar-refractivity contribution in [2.45, 2.75) is 65.0 Å². The fourth-order valence-corrected chi connectivity index (χ4v) is 3.24. The third-order valence-electron chi connectivity index (χ3n) is 4.70. The first-order valence-electron chi connectivity index (χ1n) is 8.11. The molecule has 2 atom stereocenters. The fraction of sp³-hybridized carbons (Fsp3) is 0.667. The number of benzene rings is 1. The molecule has 1 aliphatic rings. The quantitative estimate of drug-likeness (QED) is 0.697. The van der Waals surface area contributed by atoms with Crippen LogP contribution < -0.4 is 5.32 Å². The van der Waals surface area contributed by atoms with E-state index in [0.717, 1.165) is 11.8 Å². The average Bonchev–Trinajstić information content (AvgIpc) is 3.29. The highest BCUT2D eigenvalue weighted by Crippen LogP contribution is 2.37. The summed E-state index contributed by atoms with van der Waals surface area (Å²) in [4.78, 5) is 0. The van der Waals surface area contributed by atoms with Crippen LogP contribution in [-0.2, 0) is 0 Å². The predicted molar refractivity (Wildman–Crippen MR) is 83.2 cm³/mol. The number of nitrogens with one attached hydrogen (secondary N) is 1. The summed E-state index contributed by atoms with van der Waals surface area (Å²) in [5, 5.41) is 3.98. The van der Waals surface area contributed by atoms with Crippen molar-refractivity contribution in [3.63, 3.8) is 0 Å². The van der Waals surface area contributed by atoms with E-state index in [1.807, 2.05) is 0 Å². The van der Waals surface area contributed by atoms with Gasteiger partial charge in [0.1, 0.15) is 0 Å². The molecule has 0 saturated heterocycles. The van der Waals surface area contributed by atoms with E-state index in [4.69, 9.17) is 0 Å². The Kier molecular flexibility index (Phi) is 5.45. The molecule has 1 aromatic carbocycles. The lowest BCUT2D eigenvalue weighted by Gasteiger charge is -2.31. The van der Waals surface area contributed by atoms with Crippen LogP contribution in [0.3, 0.4) is 0 Å². The minimum Gasteiger partial charge on any atom is -0.307 e. The molecule has 0 bridgehead atoms. The van der Waals surface area contributed by atoms with E-state index in [-0.39, 0.29) is 0 Å². The van der Waals surface area contributed by atoms with E-state index in [1.54, 1.807) is 0 Å². The van der Waals surface area contributed by atoms with Crippen LogP contribution >= 0.6 is 0 Å². The lowest BCUT2D eigenvalue weighted by atomic mass is 9.87. The summed E-state index contributed by atoms with van der Waals surface area (Å²) in [5.41, 5.74) is 1.47. The Bertz CT molecular complexity index is 351. The third kappa shape index (κ3) is 3.82. The van der Waals surface area contributed by atoms with Gasteiger partial charge in [0.2, 0.25) is 0 Å². The second-order valence-electron chi connectivity index (χ2n) is 5.98. The Hall–Kier alpha value is -0.820. The molecule has 0 heterocycles. The van der Waals surface area contributed by atoms with Crippen molar-refractivity contribution in [3.05, 3.63) is 35.9 Å². The van der Waals surface area contributed by atoms with E-state index in [9.17, 15) is 0 Å². The van der Waals surface area contributed by atoms with Crippen LogP contribution in [0.4, 0.5) is 0 Å². The maximum absolute atomic E-state index is 3.98. The number of rotatable bonds is 8. The van der Waals surface area contributed by atoms with Gasteiger partial charge in [0.05, 0.1) is 0 Å². The maximum Gasteiger partial charge on any atom is 0.0350 e. The summed E-state index contributed by atoms with van der Waals surface area (Å²) in [6.07, 6.45) is 6.62. The van der Waals surface area contributed by atoms with Crippen molar-refractivity contribution in [3.8, 4) is 0 Å². The molecule has 19 heavy (non-hydrogen) atoms. The zero-order valence-corrected chi connectivity index (χ0v) is 12.7. The molecule has 1 aromatic rings. The molecule has 0 spiro atoms. The Labute approximate surface area is 118 Å². The fourth-order valence-electron chi connectivity index (χ4n) is 3.24. The molecular weight excluding hydrogens is 230 g/mol. The zero-order chi connectivity index (χ0) is 13.7. The molecule has 0 amide bonds. The summed E-state index contributed by atoms with van der Waals surface area (Å²) in [5.74, 6) is 1.68. The molecule has 1 aliphatic carbocycles. The summed E-state index contributed by atoms with van der Waals surface area (Å²) in [6, 6.07) is 12.3. The SMILES string of the molecule is CCC(CC)C(NC(CC)C1CC1)c1ccccc1. The molecule has 1 N–H and O–H groups in total. The van der Waals surface area contributed by atoms with Gasteiger partial charge in [-0.05, 0) is 36.7 Å². The van der Waals surface area contributed by atoms with Crippen molar-refractivity contribution >= 4 is 0 Å². The van der Waals surface area contributed by atoms with Gasteiger partial charge >= 0.3 is 0 Å². The van der Waals surface area contributed by atoms with Gasteiger partial charge in [-0.3, -0.25) is 0 Å². The van der Waals surface area contributed by atoms with Gasteiger partial charge in [-0.15, -0.1) is 0 Å². The molecule has 0 aliphatic heterocycles. The first kappa shape index (κ1) is 14.6. The topological polar surface area (TPSA) is 12.0 Å². The molecule has 0 radical (unpaired) electrons. The Balaban J connectivity index is 2.13. The molecule has 1 nitrogen and oxygen atoms in total.